The molecule has 0 spiro atoms. The Morgan fingerprint density at radius 3 is 1.49 bits per heavy atom. The Morgan fingerprint density at radius 1 is 0.292 bits per heavy atom. The third kappa shape index (κ3) is 6.20. The van der Waals surface area contributed by atoms with Crippen LogP contribution in [0.4, 0.5) is 0 Å². The van der Waals surface area contributed by atoms with Crippen molar-refractivity contribution >= 4 is 65.2 Å². The third-order valence-corrected chi connectivity index (χ3v) is 13.3. The summed E-state index contributed by atoms with van der Waals surface area (Å²) < 4.78 is 2.39. The molecule has 0 fully saturated rings. The van der Waals surface area contributed by atoms with Crippen LogP contribution in [0, 0.1) is 0 Å². The standard InChI is InChI=1S/C62H39N3/c1-2-15-50-44(11-1)12-10-21-51(50)45-31-34-49(35-32-45)65-59-22-8-7-18-54(59)57-38-47(33-36-60(57)65)43-29-25-41(26-30-43)40-23-27-42(28-24-40)46-13-9-14-48(37-46)58-39-63-61-55-19-5-3-16-52(55)53-17-4-6-20-56(53)62(61)64-58/h1-39H. The predicted octanol–water partition coefficient (Wildman–Crippen LogP) is 16.5. The maximum absolute atomic E-state index is 5.24. The van der Waals surface area contributed by atoms with E-state index < -0.39 is 0 Å². The fraction of sp³-hybridized carbons (Fsp3) is 0. The second kappa shape index (κ2) is 15.0. The van der Waals surface area contributed by atoms with Crippen LogP contribution >= 0.6 is 0 Å². The van der Waals surface area contributed by atoms with Crippen LogP contribution in [-0.2, 0) is 0 Å². The Kier molecular flexibility index (Phi) is 8.53. The molecule has 0 radical (unpaired) electrons. The van der Waals surface area contributed by atoms with E-state index in [1.165, 1.54) is 76.7 Å². The largest absolute Gasteiger partial charge is 0.309 e. The van der Waals surface area contributed by atoms with E-state index in [-0.39, 0.29) is 0 Å². The van der Waals surface area contributed by atoms with Crippen LogP contribution in [0.5, 0.6) is 0 Å². The second-order valence-corrected chi connectivity index (χ2v) is 16.9. The second-order valence-electron chi connectivity index (χ2n) is 16.9. The van der Waals surface area contributed by atoms with Crippen molar-refractivity contribution in [3.8, 4) is 61.5 Å². The molecular formula is C62H39N3. The van der Waals surface area contributed by atoms with E-state index in [1.54, 1.807) is 0 Å². The first-order valence-corrected chi connectivity index (χ1v) is 22.2. The SMILES string of the molecule is c1cc(-c2ccc(-c3ccc(-c4ccc5c(c4)c4ccccc4n5-c4ccc(-c5cccc6ccccc56)cc4)cc3)cc2)cc(-c2cnc3c4ccccc4c4ccccc4c3n2)c1. The van der Waals surface area contributed by atoms with Crippen molar-refractivity contribution in [2.75, 3.05) is 0 Å². The Morgan fingerprint density at radius 2 is 0.785 bits per heavy atom. The molecule has 0 unspecified atom stereocenters. The minimum Gasteiger partial charge on any atom is -0.309 e. The van der Waals surface area contributed by atoms with Crippen molar-refractivity contribution in [3.05, 3.63) is 237 Å². The van der Waals surface area contributed by atoms with Crippen LogP contribution in [0.3, 0.4) is 0 Å². The maximum Gasteiger partial charge on any atom is 0.0979 e. The summed E-state index contributed by atoms with van der Waals surface area (Å²) in [4.78, 5) is 10.2. The van der Waals surface area contributed by atoms with Gasteiger partial charge in [-0.2, -0.15) is 0 Å². The molecular weight excluding hydrogens is 787 g/mol. The van der Waals surface area contributed by atoms with E-state index in [4.69, 9.17) is 9.97 Å². The lowest BCUT2D eigenvalue weighted by atomic mass is 9.96. The average molecular weight is 826 g/mol. The van der Waals surface area contributed by atoms with E-state index >= 15 is 0 Å². The predicted molar refractivity (Wildman–Crippen MR) is 274 cm³/mol. The molecule has 2 heterocycles. The molecule has 0 aliphatic heterocycles. The van der Waals surface area contributed by atoms with Gasteiger partial charge in [0, 0.05) is 32.8 Å². The highest BCUT2D eigenvalue weighted by molar-refractivity contribution is 6.23. The lowest BCUT2D eigenvalue weighted by Crippen LogP contribution is -1.94. The number of fused-ring (bicyclic) bond motifs is 10. The first-order valence-electron chi connectivity index (χ1n) is 22.2. The van der Waals surface area contributed by atoms with Crippen molar-refractivity contribution < 1.29 is 0 Å². The molecule has 13 aromatic rings. The molecule has 0 saturated carbocycles. The minimum absolute atomic E-state index is 0.865. The zero-order valence-electron chi connectivity index (χ0n) is 35.4. The fourth-order valence-electron chi connectivity index (χ4n) is 10.0. The Hall–Kier alpha value is -8.66. The molecule has 11 aromatic carbocycles. The van der Waals surface area contributed by atoms with Gasteiger partial charge in [0.25, 0.3) is 0 Å². The molecule has 0 atom stereocenters. The first kappa shape index (κ1) is 36.9. The molecule has 0 bridgehead atoms. The summed E-state index contributed by atoms with van der Waals surface area (Å²) in [5.41, 5.74) is 16.9. The van der Waals surface area contributed by atoms with Crippen molar-refractivity contribution in [1.29, 1.82) is 0 Å². The number of aromatic nitrogens is 3. The van der Waals surface area contributed by atoms with Gasteiger partial charge in [-0.05, 0) is 102 Å². The third-order valence-electron chi connectivity index (χ3n) is 13.3. The number of hydrogen-bond donors (Lipinski definition) is 0. The molecule has 2 aromatic heterocycles. The first-order chi connectivity index (χ1) is 32.2. The minimum atomic E-state index is 0.865. The monoisotopic (exact) mass is 825 g/mol. The number of hydrogen-bond acceptors (Lipinski definition) is 2. The van der Waals surface area contributed by atoms with Gasteiger partial charge in [-0.1, -0.05) is 194 Å². The summed E-state index contributed by atoms with van der Waals surface area (Å²) in [5, 5.41) is 9.67. The molecule has 0 aliphatic carbocycles. The Labute approximate surface area is 376 Å². The van der Waals surface area contributed by atoms with Crippen LogP contribution in [-0.4, -0.2) is 14.5 Å². The maximum atomic E-state index is 5.24. The van der Waals surface area contributed by atoms with Gasteiger partial charge in [-0.15, -0.1) is 0 Å². The Balaban J connectivity index is 0.777. The molecule has 0 N–H and O–H groups in total. The zero-order chi connectivity index (χ0) is 42.8. The molecule has 0 aliphatic rings. The van der Waals surface area contributed by atoms with Gasteiger partial charge in [0.2, 0.25) is 0 Å². The van der Waals surface area contributed by atoms with E-state index in [0.717, 1.165) is 49.9 Å². The van der Waals surface area contributed by atoms with Gasteiger partial charge in [0.05, 0.1) is 34.0 Å². The molecule has 0 amide bonds. The van der Waals surface area contributed by atoms with Crippen LogP contribution in [0.1, 0.15) is 0 Å². The van der Waals surface area contributed by atoms with Gasteiger partial charge in [-0.3, -0.25) is 4.98 Å². The summed E-state index contributed by atoms with van der Waals surface area (Å²) in [7, 11) is 0. The average Bonchev–Trinajstić information content (AvgIpc) is 3.72. The van der Waals surface area contributed by atoms with Crippen molar-refractivity contribution in [3.63, 3.8) is 0 Å². The molecule has 3 heteroatoms. The van der Waals surface area contributed by atoms with Crippen LogP contribution in [0.2, 0.25) is 0 Å². The highest BCUT2D eigenvalue weighted by Gasteiger charge is 2.16. The van der Waals surface area contributed by atoms with Crippen LogP contribution in [0.15, 0.2) is 237 Å². The Bertz CT molecular complexity index is 3930. The summed E-state index contributed by atoms with van der Waals surface area (Å²) in [6.45, 7) is 0. The molecule has 3 nitrogen and oxygen atoms in total. The fourth-order valence-corrected chi connectivity index (χ4v) is 10.0. The van der Waals surface area contributed by atoms with Gasteiger partial charge in [0.1, 0.15) is 0 Å². The van der Waals surface area contributed by atoms with Crippen molar-refractivity contribution in [1.82, 2.24) is 14.5 Å². The lowest BCUT2D eigenvalue weighted by Gasteiger charge is -2.11. The van der Waals surface area contributed by atoms with Crippen molar-refractivity contribution in [2.45, 2.75) is 0 Å². The summed E-state index contributed by atoms with van der Waals surface area (Å²) in [5.74, 6) is 0. The quantitative estimate of drug-likeness (QED) is 0.156. The highest BCUT2D eigenvalue weighted by Crippen LogP contribution is 2.38. The molecule has 13 rings (SSSR count). The van der Waals surface area contributed by atoms with Gasteiger partial charge < -0.3 is 4.57 Å². The van der Waals surface area contributed by atoms with Crippen LogP contribution in [0.25, 0.3) is 127 Å². The normalized spacial score (nSPS) is 11.7. The van der Waals surface area contributed by atoms with Gasteiger partial charge >= 0.3 is 0 Å². The van der Waals surface area contributed by atoms with E-state index in [9.17, 15) is 0 Å². The van der Waals surface area contributed by atoms with Gasteiger partial charge in [0.15, 0.2) is 0 Å². The summed E-state index contributed by atoms with van der Waals surface area (Å²) in [6, 6.07) is 83.3. The van der Waals surface area contributed by atoms with Crippen molar-refractivity contribution in [2.24, 2.45) is 0 Å². The molecule has 302 valence electrons. The number of nitrogens with zero attached hydrogens (tertiary/aromatic N) is 3. The number of para-hydroxylation sites is 1. The number of benzene rings is 11. The summed E-state index contributed by atoms with van der Waals surface area (Å²) >= 11 is 0. The lowest BCUT2D eigenvalue weighted by molar-refractivity contribution is 1.18. The zero-order valence-corrected chi connectivity index (χ0v) is 35.4. The van der Waals surface area contributed by atoms with E-state index in [2.05, 4.69) is 235 Å². The smallest absolute Gasteiger partial charge is 0.0979 e. The van der Waals surface area contributed by atoms with Crippen LogP contribution < -0.4 is 0 Å². The highest BCUT2D eigenvalue weighted by atomic mass is 15.0. The van der Waals surface area contributed by atoms with E-state index in [1.807, 2.05) is 6.20 Å². The topological polar surface area (TPSA) is 30.7 Å². The van der Waals surface area contributed by atoms with Gasteiger partial charge in [-0.25, -0.2) is 4.98 Å². The molecule has 65 heavy (non-hydrogen) atoms. The van der Waals surface area contributed by atoms with E-state index in [0.29, 0.717) is 0 Å². The summed E-state index contributed by atoms with van der Waals surface area (Å²) in [6.07, 6.45) is 1.92. The molecule has 0 saturated heterocycles. The number of rotatable bonds is 6.